The van der Waals surface area contributed by atoms with Gasteiger partial charge in [0.1, 0.15) is 0 Å². The largest absolute Gasteiger partial charge is 0.460 e. The number of hydrogen-bond acceptors (Lipinski definition) is 9. The molecule has 3 aromatic rings. The molecule has 2 N–H and O–H groups in total. The highest BCUT2D eigenvalue weighted by atomic mass is 19.1. The van der Waals surface area contributed by atoms with E-state index in [0.29, 0.717) is 18.3 Å². The molecule has 1 aromatic carbocycles. The zero-order valence-electron chi connectivity index (χ0n) is 15.4. The van der Waals surface area contributed by atoms with Gasteiger partial charge in [0.25, 0.3) is 0 Å². The number of ether oxygens (including phenoxy) is 3. The van der Waals surface area contributed by atoms with Crippen molar-refractivity contribution in [1.82, 2.24) is 25.3 Å². The van der Waals surface area contributed by atoms with Gasteiger partial charge < -0.3 is 24.8 Å². The predicted octanol–water partition coefficient (Wildman–Crippen LogP) is 2.77. The summed E-state index contributed by atoms with van der Waals surface area (Å²) in [5.41, 5.74) is 1.98. The van der Waals surface area contributed by atoms with Crippen LogP contribution in [0.5, 0.6) is 17.5 Å². The van der Waals surface area contributed by atoms with Crippen LogP contribution in [-0.2, 0) is 4.74 Å². The lowest BCUT2D eigenvalue weighted by molar-refractivity contribution is 0.0277. The number of nitrogens with one attached hydrogen (secondary N) is 2. The SMILES string of the molecule is FCOc1cnc(Oc2cnc(Nc3ccc([C@@H]4CNCCO4)cc3)nc2)nc1. The summed E-state index contributed by atoms with van der Waals surface area (Å²) in [6, 6.07) is 8.03. The van der Waals surface area contributed by atoms with Gasteiger partial charge in [-0.05, 0) is 17.7 Å². The highest BCUT2D eigenvalue weighted by molar-refractivity contribution is 5.53. The van der Waals surface area contributed by atoms with Crippen LogP contribution in [0.2, 0.25) is 0 Å². The summed E-state index contributed by atoms with van der Waals surface area (Å²) >= 11 is 0. The van der Waals surface area contributed by atoms with Crippen molar-refractivity contribution in [2.45, 2.75) is 6.10 Å². The lowest BCUT2D eigenvalue weighted by atomic mass is 10.1. The first-order chi connectivity index (χ1) is 14.3. The van der Waals surface area contributed by atoms with E-state index in [4.69, 9.17) is 9.47 Å². The molecule has 9 nitrogen and oxygen atoms in total. The van der Waals surface area contributed by atoms with Gasteiger partial charge in [-0.25, -0.2) is 14.4 Å². The fourth-order valence-electron chi connectivity index (χ4n) is 2.72. The lowest BCUT2D eigenvalue weighted by Crippen LogP contribution is -2.33. The lowest BCUT2D eigenvalue weighted by Gasteiger charge is -2.24. The maximum absolute atomic E-state index is 12.1. The predicted molar refractivity (Wildman–Crippen MR) is 102 cm³/mol. The second-order valence-corrected chi connectivity index (χ2v) is 6.11. The van der Waals surface area contributed by atoms with Crippen molar-refractivity contribution in [1.29, 1.82) is 0 Å². The number of anilines is 2. The van der Waals surface area contributed by atoms with Gasteiger partial charge in [0.15, 0.2) is 11.5 Å². The van der Waals surface area contributed by atoms with Crippen LogP contribution in [0.25, 0.3) is 0 Å². The van der Waals surface area contributed by atoms with Crippen molar-refractivity contribution >= 4 is 11.6 Å². The molecule has 3 heterocycles. The minimum Gasteiger partial charge on any atom is -0.460 e. The van der Waals surface area contributed by atoms with Gasteiger partial charge in [-0.3, -0.25) is 0 Å². The minimum absolute atomic E-state index is 0.0744. The number of aromatic nitrogens is 4. The fourth-order valence-corrected chi connectivity index (χ4v) is 2.72. The van der Waals surface area contributed by atoms with Crippen molar-refractivity contribution in [2.24, 2.45) is 0 Å². The van der Waals surface area contributed by atoms with E-state index < -0.39 is 6.86 Å². The Bertz CT molecular complexity index is 903. The molecular weight excluding hydrogens is 379 g/mol. The minimum atomic E-state index is -0.944. The van der Waals surface area contributed by atoms with Crippen LogP contribution >= 0.6 is 0 Å². The molecule has 29 heavy (non-hydrogen) atoms. The third kappa shape index (κ3) is 5.12. The first-order valence-electron chi connectivity index (χ1n) is 9.00. The molecule has 0 bridgehead atoms. The summed E-state index contributed by atoms with van der Waals surface area (Å²) < 4.78 is 27.9. The molecule has 1 aliphatic rings. The first kappa shape index (κ1) is 19.0. The Morgan fingerprint density at radius 2 is 1.76 bits per heavy atom. The van der Waals surface area contributed by atoms with Gasteiger partial charge in [-0.15, -0.1) is 0 Å². The summed E-state index contributed by atoms with van der Waals surface area (Å²) in [7, 11) is 0. The van der Waals surface area contributed by atoms with Crippen LogP contribution in [0.1, 0.15) is 11.7 Å². The van der Waals surface area contributed by atoms with Crippen molar-refractivity contribution in [3.8, 4) is 17.5 Å². The van der Waals surface area contributed by atoms with Gasteiger partial charge >= 0.3 is 6.01 Å². The Morgan fingerprint density at radius 3 is 2.41 bits per heavy atom. The normalized spacial score (nSPS) is 16.2. The van der Waals surface area contributed by atoms with E-state index in [2.05, 4.69) is 35.3 Å². The summed E-state index contributed by atoms with van der Waals surface area (Å²) in [6.45, 7) is 1.47. The van der Waals surface area contributed by atoms with E-state index in [0.717, 1.165) is 24.3 Å². The third-order valence-electron chi connectivity index (χ3n) is 4.13. The molecule has 150 valence electrons. The molecule has 1 saturated heterocycles. The molecule has 0 radical (unpaired) electrons. The van der Waals surface area contributed by atoms with Crippen molar-refractivity contribution < 1.29 is 18.6 Å². The Morgan fingerprint density at radius 1 is 1.03 bits per heavy atom. The number of nitrogens with zero attached hydrogens (tertiary/aromatic N) is 4. The van der Waals surface area contributed by atoms with Crippen LogP contribution in [0.3, 0.4) is 0 Å². The maximum Gasteiger partial charge on any atom is 0.322 e. The highest BCUT2D eigenvalue weighted by Crippen LogP contribution is 2.23. The fraction of sp³-hybridized carbons (Fsp3) is 0.263. The summed E-state index contributed by atoms with van der Waals surface area (Å²) in [5.74, 6) is 1.01. The number of alkyl halides is 1. The highest BCUT2D eigenvalue weighted by Gasteiger charge is 2.15. The van der Waals surface area contributed by atoms with Crippen molar-refractivity contribution in [3.05, 3.63) is 54.6 Å². The number of benzene rings is 1. The van der Waals surface area contributed by atoms with Crippen LogP contribution in [0.15, 0.2) is 49.1 Å². The van der Waals surface area contributed by atoms with E-state index in [1.807, 2.05) is 24.3 Å². The molecule has 0 unspecified atom stereocenters. The van der Waals surface area contributed by atoms with Crippen LogP contribution in [0, 0.1) is 0 Å². The Balaban J connectivity index is 1.34. The van der Waals surface area contributed by atoms with Crippen LogP contribution in [-0.4, -0.2) is 46.5 Å². The topological polar surface area (TPSA) is 103 Å². The van der Waals surface area contributed by atoms with Gasteiger partial charge in [-0.2, -0.15) is 9.97 Å². The van der Waals surface area contributed by atoms with Crippen LogP contribution < -0.4 is 20.1 Å². The Hall–Kier alpha value is -3.37. The van der Waals surface area contributed by atoms with Gasteiger partial charge in [0.2, 0.25) is 12.8 Å². The van der Waals surface area contributed by atoms with Crippen molar-refractivity contribution in [2.75, 3.05) is 31.9 Å². The summed E-state index contributed by atoms with van der Waals surface area (Å²) in [4.78, 5) is 16.3. The smallest absolute Gasteiger partial charge is 0.322 e. The zero-order valence-corrected chi connectivity index (χ0v) is 15.4. The Labute approximate surface area is 166 Å². The molecule has 0 aliphatic carbocycles. The number of rotatable bonds is 7. The van der Waals surface area contributed by atoms with E-state index in [-0.39, 0.29) is 17.9 Å². The molecule has 0 spiro atoms. The quantitative estimate of drug-likeness (QED) is 0.622. The molecule has 1 aliphatic heterocycles. The standard InChI is InChI=1S/C19H19FN6O3/c20-12-28-15-7-24-19(25-8-15)29-16-9-22-18(23-10-16)26-14-3-1-13(2-4-14)17-11-21-5-6-27-17/h1-4,7-10,17,21H,5-6,11-12H2,(H,22,23,26)/t17-/m0/s1. The zero-order chi connectivity index (χ0) is 19.9. The third-order valence-corrected chi connectivity index (χ3v) is 4.13. The number of halogens is 1. The first-order valence-corrected chi connectivity index (χ1v) is 9.00. The van der Waals surface area contributed by atoms with E-state index in [1.54, 1.807) is 0 Å². The maximum atomic E-state index is 12.1. The molecule has 10 heteroatoms. The summed E-state index contributed by atoms with van der Waals surface area (Å²) in [5, 5.41) is 6.45. The van der Waals surface area contributed by atoms with E-state index >= 15 is 0 Å². The average molecular weight is 398 g/mol. The van der Waals surface area contributed by atoms with Crippen LogP contribution in [0.4, 0.5) is 16.0 Å². The monoisotopic (exact) mass is 398 g/mol. The molecule has 0 amide bonds. The molecule has 1 atom stereocenters. The second-order valence-electron chi connectivity index (χ2n) is 6.11. The molecule has 1 fully saturated rings. The molecule has 0 saturated carbocycles. The number of hydrogen-bond donors (Lipinski definition) is 2. The average Bonchev–Trinajstić information content (AvgIpc) is 2.78. The van der Waals surface area contributed by atoms with E-state index in [9.17, 15) is 4.39 Å². The van der Waals surface area contributed by atoms with Gasteiger partial charge in [0, 0.05) is 18.8 Å². The van der Waals surface area contributed by atoms with Gasteiger partial charge in [0.05, 0.1) is 37.5 Å². The van der Waals surface area contributed by atoms with Crippen molar-refractivity contribution in [3.63, 3.8) is 0 Å². The molecule has 4 rings (SSSR count). The second kappa shape index (κ2) is 9.22. The van der Waals surface area contributed by atoms with E-state index in [1.165, 1.54) is 24.8 Å². The van der Waals surface area contributed by atoms with Gasteiger partial charge in [-0.1, -0.05) is 12.1 Å². The Kier molecular flexibility index (Phi) is 6.03. The molecule has 2 aromatic heterocycles. The number of morpholine rings is 1. The summed E-state index contributed by atoms with van der Waals surface area (Å²) in [6.07, 6.45) is 5.71. The molecular formula is C19H19FN6O3.